The Morgan fingerprint density at radius 2 is 1.77 bits per heavy atom. The first-order valence-electron chi connectivity index (χ1n) is 8.40. The van der Waals surface area contributed by atoms with Crippen LogP contribution in [-0.2, 0) is 11.2 Å². The van der Waals surface area contributed by atoms with Crippen LogP contribution >= 0.6 is 0 Å². The Bertz CT molecular complexity index is 967. The number of hydrogen-bond donors (Lipinski definition) is 1. The number of anilines is 1. The van der Waals surface area contributed by atoms with Gasteiger partial charge in [0.25, 0.3) is 0 Å². The summed E-state index contributed by atoms with van der Waals surface area (Å²) in [7, 11) is 3.14. The number of nitrogens with zero attached hydrogens (tertiary/aromatic N) is 1. The number of fused-ring (bicyclic) bond motifs is 1. The third kappa shape index (κ3) is 3.47. The zero-order valence-electron chi connectivity index (χ0n) is 15.4. The number of aromatic nitrogens is 1. The number of amides is 1. The highest BCUT2D eigenvalue weighted by Crippen LogP contribution is 2.30. The molecule has 0 radical (unpaired) electrons. The molecule has 0 aliphatic rings. The van der Waals surface area contributed by atoms with Gasteiger partial charge in [-0.2, -0.15) is 0 Å². The van der Waals surface area contributed by atoms with Crippen molar-refractivity contribution in [3.63, 3.8) is 0 Å². The van der Waals surface area contributed by atoms with E-state index in [1.165, 1.54) is 0 Å². The number of ether oxygens (including phenoxy) is 2. The molecule has 0 saturated carbocycles. The van der Waals surface area contributed by atoms with Gasteiger partial charge in [0.1, 0.15) is 0 Å². The molecule has 1 amide bonds. The Kier molecular flexibility index (Phi) is 5.07. The molecule has 3 aromatic rings. The minimum absolute atomic E-state index is 0.0968. The van der Waals surface area contributed by atoms with E-state index in [9.17, 15) is 4.79 Å². The number of carbonyl (C=O) groups is 1. The van der Waals surface area contributed by atoms with Crippen LogP contribution < -0.4 is 14.8 Å². The molecule has 1 heterocycles. The number of benzene rings is 2. The fraction of sp³-hybridized carbons (Fsp3) is 0.238. The van der Waals surface area contributed by atoms with Crippen LogP contribution in [0.15, 0.2) is 42.5 Å². The fourth-order valence-corrected chi connectivity index (χ4v) is 3.11. The van der Waals surface area contributed by atoms with Crippen molar-refractivity contribution in [2.75, 3.05) is 19.5 Å². The third-order valence-corrected chi connectivity index (χ3v) is 4.49. The van der Waals surface area contributed by atoms with Gasteiger partial charge >= 0.3 is 0 Å². The van der Waals surface area contributed by atoms with Gasteiger partial charge in [0, 0.05) is 22.8 Å². The first-order chi connectivity index (χ1) is 12.5. The quantitative estimate of drug-likeness (QED) is 0.754. The van der Waals surface area contributed by atoms with E-state index in [2.05, 4.69) is 10.3 Å². The SMILES string of the molecule is COc1ccc(NC(=O)Cc2c(C)nc3ccccc3c2C)cc1OC. The zero-order valence-corrected chi connectivity index (χ0v) is 15.4. The standard InChI is InChI=1S/C21H22N2O3/c1-13-16-7-5-6-8-18(16)22-14(2)17(13)12-21(24)23-15-9-10-19(25-3)20(11-15)26-4/h5-11H,12H2,1-4H3,(H,23,24). The van der Waals surface area contributed by atoms with Crippen molar-refractivity contribution in [3.8, 4) is 11.5 Å². The Morgan fingerprint density at radius 1 is 1.04 bits per heavy atom. The summed E-state index contributed by atoms with van der Waals surface area (Å²) in [5.74, 6) is 1.10. The van der Waals surface area contributed by atoms with Gasteiger partial charge in [0.2, 0.25) is 5.91 Å². The summed E-state index contributed by atoms with van der Waals surface area (Å²) in [5, 5.41) is 3.99. The Labute approximate surface area is 153 Å². The predicted octanol–water partition coefficient (Wildman–Crippen LogP) is 4.05. The molecular weight excluding hydrogens is 328 g/mol. The van der Waals surface area contributed by atoms with Gasteiger partial charge in [0.05, 0.1) is 26.2 Å². The second-order valence-corrected chi connectivity index (χ2v) is 6.11. The van der Waals surface area contributed by atoms with Gasteiger partial charge in [-0.3, -0.25) is 9.78 Å². The highest BCUT2D eigenvalue weighted by atomic mass is 16.5. The van der Waals surface area contributed by atoms with Crippen LogP contribution in [-0.4, -0.2) is 25.1 Å². The van der Waals surface area contributed by atoms with Crippen LogP contribution in [0.2, 0.25) is 0 Å². The first-order valence-corrected chi connectivity index (χ1v) is 8.40. The molecule has 26 heavy (non-hydrogen) atoms. The van der Waals surface area contributed by atoms with Gasteiger partial charge in [-0.05, 0) is 43.2 Å². The van der Waals surface area contributed by atoms with Gasteiger partial charge in [-0.15, -0.1) is 0 Å². The first kappa shape index (κ1) is 17.7. The van der Waals surface area contributed by atoms with Crippen molar-refractivity contribution in [1.29, 1.82) is 0 Å². The molecule has 134 valence electrons. The maximum Gasteiger partial charge on any atom is 0.228 e. The largest absolute Gasteiger partial charge is 0.493 e. The maximum atomic E-state index is 12.6. The number of nitrogens with one attached hydrogen (secondary N) is 1. The van der Waals surface area contributed by atoms with E-state index in [1.807, 2.05) is 38.1 Å². The predicted molar refractivity (Wildman–Crippen MR) is 103 cm³/mol. The topological polar surface area (TPSA) is 60.5 Å². The van der Waals surface area contributed by atoms with Crippen molar-refractivity contribution in [2.24, 2.45) is 0 Å². The molecule has 5 heteroatoms. The summed E-state index contributed by atoms with van der Waals surface area (Å²) in [5.41, 5.74) is 4.55. The fourth-order valence-electron chi connectivity index (χ4n) is 3.11. The Balaban J connectivity index is 1.83. The van der Waals surface area contributed by atoms with E-state index in [0.29, 0.717) is 17.2 Å². The average molecular weight is 350 g/mol. The highest BCUT2D eigenvalue weighted by Gasteiger charge is 2.14. The van der Waals surface area contributed by atoms with Crippen molar-refractivity contribution in [3.05, 3.63) is 59.3 Å². The second kappa shape index (κ2) is 7.44. The van der Waals surface area contributed by atoms with E-state index >= 15 is 0 Å². The number of aryl methyl sites for hydroxylation is 2. The Morgan fingerprint density at radius 3 is 2.50 bits per heavy atom. The van der Waals surface area contributed by atoms with E-state index in [1.54, 1.807) is 32.4 Å². The van der Waals surface area contributed by atoms with Gasteiger partial charge < -0.3 is 14.8 Å². The van der Waals surface area contributed by atoms with Gasteiger partial charge in [0.15, 0.2) is 11.5 Å². The highest BCUT2D eigenvalue weighted by molar-refractivity contribution is 5.94. The molecule has 1 aromatic heterocycles. The van der Waals surface area contributed by atoms with Crippen LogP contribution in [0.4, 0.5) is 5.69 Å². The van der Waals surface area contributed by atoms with Crippen LogP contribution in [0.1, 0.15) is 16.8 Å². The molecule has 0 saturated heterocycles. The van der Waals surface area contributed by atoms with Crippen molar-refractivity contribution < 1.29 is 14.3 Å². The van der Waals surface area contributed by atoms with E-state index in [0.717, 1.165) is 27.7 Å². The zero-order chi connectivity index (χ0) is 18.7. The number of rotatable bonds is 5. The molecule has 0 spiro atoms. The molecule has 0 aliphatic heterocycles. The van der Waals surface area contributed by atoms with E-state index < -0.39 is 0 Å². The number of para-hydroxylation sites is 1. The summed E-state index contributed by atoms with van der Waals surface area (Å²) in [6.07, 6.45) is 0.268. The molecule has 0 fully saturated rings. The molecule has 0 bridgehead atoms. The van der Waals surface area contributed by atoms with Crippen molar-refractivity contribution in [1.82, 2.24) is 4.98 Å². The van der Waals surface area contributed by atoms with Gasteiger partial charge in [-0.25, -0.2) is 0 Å². The van der Waals surface area contributed by atoms with E-state index in [-0.39, 0.29) is 12.3 Å². The van der Waals surface area contributed by atoms with Crippen LogP contribution in [0.3, 0.4) is 0 Å². The normalized spacial score (nSPS) is 10.6. The maximum absolute atomic E-state index is 12.6. The molecule has 5 nitrogen and oxygen atoms in total. The lowest BCUT2D eigenvalue weighted by Gasteiger charge is -2.13. The molecule has 0 unspecified atom stereocenters. The molecule has 1 N–H and O–H groups in total. The number of pyridine rings is 1. The third-order valence-electron chi connectivity index (χ3n) is 4.49. The summed E-state index contributed by atoms with van der Waals surface area (Å²) >= 11 is 0. The lowest BCUT2D eigenvalue weighted by Crippen LogP contribution is -2.16. The number of methoxy groups -OCH3 is 2. The molecule has 0 aliphatic carbocycles. The monoisotopic (exact) mass is 350 g/mol. The summed E-state index contributed by atoms with van der Waals surface area (Å²) in [4.78, 5) is 17.2. The average Bonchev–Trinajstić information content (AvgIpc) is 2.65. The minimum atomic E-state index is -0.0968. The number of carbonyl (C=O) groups excluding carboxylic acids is 1. The minimum Gasteiger partial charge on any atom is -0.493 e. The second-order valence-electron chi connectivity index (χ2n) is 6.11. The number of hydrogen-bond acceptors (Lipinski definition) is 4. The van der Waals surface area contributed by atoms with Crippen LogP contribution in [0.5, 0.6) is 11.5 Å². The molecule has 2 aromatic carbocycles. The van der Waals surface area contributed by atoms with Crippen LogP contribution in [0.25, 0.3) is 10.9 Å². The lowest BCUT2D eigenvalue weighted by molar-refractivity contribution is -0.115. The Hall–Kier alpha value is -3.08. The summed E-state index contributed by atoms with van der Waals surface area (Å²) in [6.45, 7) is 3.98. The van der Waals surface area contributed by atoms with Gasteiger partial charge in [-0.1, -0.05) is 18.2 Å². The van der Waals surface area contributed by atoms with Crippen molar-refractivity contribution >= 4 is 22.5 Å². The summed E-state index contributed by atoms with van der Waals surface area (Å²) < 4.78 is 10.5. The van der Waals surface area contributed by atoms with Crippen LogP contribution in [0, 0.1) is 13.8 Å². The molecular formula is C21H22N2O3. The molecule has 3 rings (SSSR count). The molecule has 0 atom stereocenters. The smallest absolute Gasteiger partial charge is 0.228 e. The van der Waals surface area contributed by atoms with E-state index in [4.69, 9.17) is 9.47 Å². The lowest BCUT2D eigenvalue weighted by atomic mass is 9.99. The van der Waals surface area contributed by atoms with Crippen molar-refractivity contribution in [2.45, 2.75) is 20.3 Å². The summed E-state index contributed by atoms with van der Waals surface area (Å²) in [6, 6.07) is 13.3.